The molecule has 152 valence electrons. The highest BCUT2D eigenvalue weighted by molar-refractivity contribution is 8.93. The van der Waals surface area contributed by atoms with E-state index in [0.717, 1.165) is 0 Å². The summed E-state index contributed by atoms with van der Waals surface area (Å²) in [6, 6.07) is 13.2. The molecule has 1 atom stereocenters. The number of nitrogens with zero attached hydrogens (tertiary/aromatic N) is 4. The van der Waals surface area contributed by atoms with Crippen LogP contribution in [-0.4, -0.2) is 45.5 Å². The number of amides is 1. The Hall–Kier alpha value is -2.55. The molecule has 2 aromatic carbocycles. The first-order valence-electron chi connectivity index (χ1n) is 8.63. The first kappa shape index (κ1) is 22.7. The number of nitrogens with two attached hydrogens (primary N) is 1. The number of aromatic nitrogens is 3. The van der Waals surface area contributed by atoms with Crippen molar-refractivity contribution in [1.82, 2.24) is 19.7 Å². The largest absolute Gasteiger partial charge is 0.342 e. The van der Waals surface area contributed by atoms with Crippen molar-refractivity contribution in [1.29, 1.82) is 0 Å². The lowest BCUT2D eigenvalue weighted by atomic mass is 10.0. The number of hydrogen-bond acceptors (Lipinski definition) is 5. The molecule has 0 saturated heterocycles. The average Bonchev–Trinajstić information content (AvgIpc) is 3.12. The van der Waals surface area contributed by atoms with Gasteiger partial charge in [0.2, 0.25) is 5.82 Å². The van der Waals surface area contributed by atoms with Gasteiger partial charge in [0.05, 0.1) is 11.7 Å². The summed E-state index contributed by atoms with van der Waals surface area (Å²) in [5.74, 6) is -0.199. The van der Waals surface area contributed by atoms with E-state index < -0.39 is 6.04 Å². The molecule has 0 saturated carbocycles. The van der Waals surface area contributed by atoms with E-state index in [2.05, 4.69) is 10.1 Å². The van der Waals surface area contributed by atoms with Gasteiger partial charge in [-0.15, -0.1) is 22.1 Å². The second-order valence-corrected chi connectivity index (χ2v) is 6.99. The summed E-state index contributed by atoms with van der Waals surface area (Å²) in [7, 11) is 3.22. The number of hydrogen-bond donors (Lipinski definition) is 1. The first-order valence-corrected chi connectivity index (χ1v) is 9.01. The SMILES string of the molecule is Br.CC(N)c1nc(C(=O)N(C)C)nn1-c1ccc(Cl)cc1C(=O)c1ccccc1. The van der Waals surface area contributed by atoms with E-state index >= 15 is 0 Å². The summed E-state index contributed by atoms with van der Waals surface area (Å²) in [6.07, 6.45) is 0. The Kier molecular flexibility index (Phi) is 7.29. The van der Waals surface area contributed by atoms with Crippen molar-refractivity contribution in [2.24, 2.45) is 5.73 Å². The lowest BCUT2D eigenvalue weighted by molar-refractivity contribution is 0.0815. The van der Waals surface area contributed by atoms with E-state index in [1.165, 1.54) is 9.58 Å². The van der Waals surface area contributed by atoms with Gasteiger partial charge in [-0.3, -0.25) is 9.59 Å². The van der Waals surface area contributed by atoms with E-state index in [9.17, 15) is 9.59 Å². The molecule has 0 aliphatic carbocycles. The van der Waals surface area contributed by atoms with Crippen LogP contribution < -0.4 is 5.73 Å². The summed E-state index contributed by atoms with van der Waals surface area (Å²) < 4.78 is 1.44. The Morgan fingerprint density at radius 2 is 1.79 bits per heavy atom. The molecular weight excluding hydrogens is 458 g/mol. The van der Waals surface area contributed by atoms with Gasteiger partial charge in [-0.2, -0.15) is 0 Å². The van der Waals surface area contributed by atoms with E-state index in [-0.39, 0.29) is 34.5 Å². The zero-order valence-corrected chi connectivity index (χ0v) is 18.6. The molecule has 0 aliphatic heterocycles. The molecule has 0 aliphatic rings. The van der Waals surface area contributed by atoms with Crippen LogP contribution in [-0.2, 0) is 0 Å². The van der Waals surface area contributed by atoms with Crippen molar-refractivity contribution >= 4 is 40.3 Å². The number of carbonyl (C=O) groups excluding carboxylic acids is 2. The monoisotopic (exact) mass is 477 g/mol. The topological polar surface area (TPSA) is 94.1 Å². The van der Waals surface area contributed by atoms with Crippen LogP contribution in [0.4, 0.5) is 0 Å². The molecule has 3 rings (SSSR count). The van der Waals surface area contributed by atoms with Gasteiger partial charge < -0.3 is 10.6 Å². The molecule has 3 aromatic rings. The predicted octanol–water partition coefficient (Wildman–Crippen LogP) is 3.45. The number of halogens is 2. The third kappa shape index (κ3) is 4.72. The van der Waals surface area contributed by atoms with E-state index in [0.29, 0.717) is 27.7 Å². The molecule has 0 bridgehead atoms. The normalized spacial score (nSPS) is 11.5. The van der Waals surface area contributed by atoms with E-state index in [4.69, 9.17) is 17.3 Å². The van der Waals surface area contributed by atoms with Gasteiger partial charge in [0.25, 0.3) is 5.91 Å². The van der Waals surface area contributed by atoms with Crippen molar-refractivity contribution < 1.29 is 9.59 Å². The molecule has 9 heteroatoms. The maximum atomic E-state index is 13.1. The smallest absolute Gasteiger partial charge is 0.293 e. The molecular formula is C20H21BrClN5O2. The summed E-state index contributed by atoms with van der Waals surface area (Å²) in [4.78, 5) is 31.1. The molecule has 1 aromatic heterocycles. The van der Waals surface area contributed by atoms with Crippen molar-refractivity contribution in [2.75, 3.05) is 14.1 Å². The summed E-state index contributed by atoms with van der Waals surface area (Å²) in [5, 5.41) is 4.74. The molecule has 0 radical (unpaired) electrons. The fourth-order valence-electron chi connectivity index (χ4n) is 2.71. The number of carbonyl (C=O) groups is 2. The van der Waals surface area contributed by atoms with Crippen molar-refractivity contribution in [3.8, 4) is 5.69 Å². The number of rotatable bonds is 5. The van der Waals surface area contributed by atoms with Gasteiger partial charge in [-0.05, 0) is 25.1 Å². The lowest BCUT2D eigenvalue weighted by Gasteiger charge is -2.13. The Balaban J connectivity index is 0.00000300. The average molecular weight is 479 g/mol. The van der Waals surface area contributed by atoms with Crippen molar-refractivity contribution in [2.45, 2.75) is 13.0 Å². The van der Waals surface area contributed by atoms with Gasteiger partial charge in [0.15, 0.2) is 5.78 Å². The predicted molar refractivity (Wildman–Crippen MR) is 117 cm³/mol. The van der Waals surface area contributed by atoms with Gasteiger partial charge in [0, 0.05) is 30.2 Å². The summed E-state index contributed by atoms with van der Waals surface area (Å²) in [5.41, 5.74) is 7.36. The fraction of sp³-hybridized carbons (Fsp3) is 0.200. The Labute approximate surface area is 184 Å². The minimum atomic E-state index is -0.508. The standard InChI is InChI=1S/C20H20ClN5O2.BrH/c1-12(22)19-23-18(20(28)25(2)3)24-26(19)16-10-9-14(21)11-15(16)17(27)13-7-5-4-6-8-13;/h4-12H,22H2,1-3H3;1H. The molecule has 2 N–H and O–H groups in total. The minimum Gasteiger partial charge on any atom is -0.342 e. The van der Waals surface area contributed by atoms with Gasteiger partial charge >= 0.3 is 0 Å². The van der Waals surface area contributed by atoms with E-state index in [1.807, 2.05) is 6.07 Å². The Morgan fingerprint density at radius 1 is 1.14 bits per heavy atom. The molecule has 7 nitrogen and oxygen atoms in total. The van der Waals surface area contributed by atoms with E-state index in [1.54, 1.807) is 63.5 Å². The second-order valence-electron chi connectivity index (χ2n) is 6.55. The third-order valence-corrected chi connectivity index (χ3v) is 4.34. The highest BCUT2D eigenvalue weighted by Gasteiger charge is 2.24. The lowest BCUT2D eigenvalue weighted by Crippen LogP contribution is -2.23. The highest BCUT2D eigenvalue weighted by atomic mass is 79.9. The Bertz CT molecular complexity index is 1030. The van der Waals surface area contributed by atoms with Crippen LogP contribution in [0.15, 0.2) is 48.5 Å². The van der Waals surface area contributed by atoms with Crippen molar-refractivity contribution in [3.63, 3.8) is 0 Å². The van der Waals surface area contributed by atoms with Crippen LogP contribution in [0.3, 0.4) is 0 Å². The van der Waals surface area contributed by atoms with Crippen LogP contribution >= 0.6 is 28.6 Å². The fourth-order valence-corrected chi connectivity index (χ4v) is 2.88. The maximum Gasteiger partial charge on any atom is 0.293 e. The molecule has 1 unspecified atom stereocenters. The number of benzene rings is 2. The Morgan fingerprint density at radius 3 is 2.38 bits per heavy atom. The van der Waals surface area contributed by atoms with Gasteiger partial charge in [0.1, 0.15) is 5.82 Å². The second kappa shape index (κ2) is 9.30. The summed E-state index contributed by atoms with van der Waals surface area (Å²) >= 11 is 6.15. The zero-order valence-electron chi connectivity index (χ0n) is 16.2. The molecule has 0 spiro atoms. The first-order chi connectivity index (χ1) is 13.3. The molecule has 1 amide bonds. The maximum absolute atomic E-state index is 13.1. The van der Waals surface area contributed by atoms with Crippen LogP contribution in [0.2, 0.25) is 5.02 Å². The van der Waals surface area contributed by atoms with Crippen LogP contribution in [0, 0.1) is 0 Å². The van der Waals surface area contributed by atoms with Gasteiger partial charge in [-0.1, -0.05) is 41.9 Å². The highest BCUT2D eigenvalue weighted by Crippen LogP contribution is 2.25. The third-order valence-electron chi connectivity index (χ3n) is 4.10. The minimum absolute atomic E-state index is 0. The number of ketones is 1. The van der Waals surface area contributed by atoms with Crippen LogP contribution in [0.1, 0.15) is 45.3 Å². The zero-order chi connectivity index (χ0) is 20.4. The van der Waals surface area contributed by atoms with Crippen LogP contribution in [0.25, 0.3) is 5.69 Å². The van der Waals surface area contributed by atoms with Crippen molar-refractivity contribution in [3.05, 3.63) is 76.3 Å². The molecule has 1 heterocycles. The summed E-state index contributed by atoms with van der Waals surface area (Å²) in [6.45, 7) is 1.74. The van der Waals surface area contributed by atoms with Crippen LogP contribution in [0.5, 0.6) is 0 Å². The van der Waals surface area contributed by atoms with Gasteiger partial charge in [-0.25, -0.2) is 9.67 Å². The molecule has 29 heavy (non-hydrogen) atoms. The quantitative estimate of drug-likeness (QED) is 0.567. The molecule has 0 fully saturated rings.